The molecule has 6 aromatic carbocycles. The molecule has 2 radical (unpaired) electrons. The Morgan fingerprint density at radius 2 is 0.765 bits per heavy atom. The number of hydrogen-bond acceptors (Lipinski definition) is 0. The Kier molecular flexibility index (Phi) is 13.5. The molecule has 0 aromatic heterocycles. The van der Waals surface area contributed by atoms with Crippen LogP contribution in [0.3, 0.4) is 0 Å². The Morgan fingerprint density at radius 3 is 1.15 bits per heavy atom. The number of fused-ring (bicyclic) bond motifs is 2. The van der Waals surface area contributed by atoms with Gasteiger partial charge in [-0.1, -0.05) is 83.2 Å². The summed E-state index contributed by atoms with van der Waals surface area (Å²) in [6.45, 7) is 0. The average molecular weight is 629 g/mol. The third-order valence-electron chi connectivity index (χ3n) is 4.93. The zero-order valence-corrected chi connectivity index (χ0v) is 23.2. The van der Waals surface area contributed by atoms with Crippen molar-refractivity contribution in [2.24, 2.45) is 0 Å². The summed E-state index contributed by atoms with van der Waals surface area (Å²) in [7, 11) is 0.777. The van der Waals surface area contributed by atoms with E-state index >= 15 is 0 Å². The molecule has 0 saturated carbocycles. The fourth-order valence-electron chi connectivity index (χ4n) is 3.35. The number of benzene rings is 4. The summed E-state index contributed by atoms with van der Waals surface area (Å²) >= 11 is 0. The first-order chi connectivity index (χ1) is 15.4. The molecule has 4 heteroatoms. The van der Waals surface area contributed by atoms with Gasteiger partial charge in [0.25, 0.3) is 0 Å². The maximum absolute atomic E-state index is 2.17. The maximum atomic E-state index is 2.17. The van der Waals surface area contributed by atoms with Crippen molar-refractivity contribution in [2.45, 2.75) is 0 Å². The minimum absolute atomic E-state index is 0. The molecule has 0 fully saturated rings. The van der Waals surface area contributed by atoms with Gasteiger partial charge in [-0.3, -0.25) is 0 Å². The van der Waals surface area contributed by atoms with E-state index in [1.807, 2.05) is 0 Å². The van der Waals surface area contributed by atoms with Crippen LogP contribution in [-0.4, -0.2) is 9.52 Å². The van der Waals surface area contributed by atoms with E-state index in [2.05, 4.69) is 146 Å². The summed E-state index contributed by atoms with van der Waals surface area (Å²) in [5.41, 5.74) is 0. The molecule has 0 amide bonds. The quantitative estimate of drug-likeness (QED) is 0.193. The molecule has 0 aliphatic rings. The molecular formula is C30H24F2HfSi. The second-order valence-electron chi connectivity index (χ2n) is 7.17. The first-order valence-electron chi connectivity index (χ1n) is 10.5. The van der Waals surface area contributed by atoms with E-state index < -0.39 is 0 Å². The zero-order chi connectivity index (χ0) is 21.1. The van der Waals surface area contributed by atoms with E-state index in [0.29, 0.717) is 0 Å². The fraction of sp³-hybridized carbons (Fsp3) is 0. The molecule has 0 aliphatic heterocycles. The molecule has 0 spiro atoms. The fourth-order valence-corrected chi connectivity index (χ4v) is 4.40. The van der Waals surface area contributed by atoms with Gasteiger partial charge in [0.1, 0.15) is 9.52 Å². The zero-order valence-electron chi connectivity index (χ0n) is 18.6. The van der Waals surface area contributed by atoms with Crippen molar-refractivity contribution in [1.29, 1.82) is 0 Å². The van der Waals surface area contributed by atoms with Crippen LogP contribution < -0.4 is 19.8 Å². The Morgan fingerprint density at radius 1 is 0.412 bits per heavy atom. The van der Waals surface area contributed by atoms with Gasteiger partial charge in [0.05, 0.1) is 0 Å². The molecule has 0 atom stereocenters. The Hall–Kier alpha value is -2.95. The third kappa shape index (κ3) is 8.77. The van der Waals surface area contributed by atoms with Crippen molar-refractivity contribution in [3.63, 3.8) is 0 Å². The van der Waals surface area contributed by atoms with Gasteiger partial charge in [-0.15, -0.1) is 59.3 Å². The van der Waals surface area contributed by atoms with Crippen LogP contribution in [0.25, 0.3) is 21.5 Å². The van der Waals surface area contributed by atoms with Crippen LogP contribution in [-0.2, 0) is 25.8 Å². The van der Waals surface area contributed by atoms with Crippen molar-refractivity contribution in [2.75, 3.05) is 0 Å². The van der Waals surface area contributed by atoms with Crippen molar-refractivity contribution in [3.05, 3.63) is 146 Å². The summed E-state index contributed by atoms with van der Waals surface area (Å²) in [5, 5.41) is 8.12. The van der Waals surface area contributed by atoms with E-state index in [-0.39, 0.29) is 35.3 Å². The van der Waals surface area contributed by atoms with Crippen LogP contribution in [0.2, 0.25) is 0 Å². The van der Waals surface area contributed by atoms with Crippen molar-refractivity contribution >= 4 is 41.4 Å². The summed E-state index contributed by atoms with van der Waals surface area (Å²) in [6.07, 6.45) is 0. The summed E-state index contributed by atoms with van der Waals surface area (Å²) in [4.78, 5) is 0. The molecule has 166 valence electrons. The normalized spacial score (nSPS) is 9.18. The van der Waals surface area contributed by atoms with Crippen LogP contribution in [0.1, 0.15) is 0 Å². The van der Waals surface area contributed by atoms with Crippen molar-refractivity contribution < 1.29 is 35.3 Å². The second kappa shape index (κ2) is 15.8. The summed E-state index contributed by atoms with van der Waals surface area (Å²) < 4.78 is 0. The molecule has 0 bridgehead atoms. The molecular weight excluding hydrogens is 605 g/mol. The van der Waals surface area contributed by atoms with Crippen molar-refractivity contribution in [3.8, 4) is 0 Å². The predicted molar refractivity (Wildman–Crippen MR) is 137 cm³/mol. The van der Waals surface area contributed by atoms with E-state index in [1.165, 1.54) is 31.9 Å². The van der Waals surface area contributed by atoms with Crippen LogP contribution in [0, 0.1) is 0 Å². The van der Waals surface area contributed by atoms with Gasteiger partial charge in [-0.25, -0.2) is 0 Å². The predicted octanol–water partition coefficient (Wildman–Crippen LogP) is 0.465. The second-order valence-corrected chi connectivity index (χ2v) is 8.57. The Labute approximate surface area is 221 Å². The molecule has 0 unspecified atom stereocenters. The number of rotatable bonds is 2. The van der Waals surface area contributed by atoms with Crippen LogP contribution in [0.4, 0.5) is 0 Å². The average Bonchev–Trinajstić information content (AvgIpc) is 3.51. The first kappa shape index (κ1) is 29.1. The minimum atomic E-state index is 0. The topological polar surface area (TPSA) is 0 Å². The van der Waals surface area contributed by atoms with Gasteiger partial charge < -0.3 is 9.41 Å². The number of halogens is 2. The first-order valence-corrected chi connectivity index (χ1v) is 11.5. The molecule has 6 rings (SSSR count). The Bertz CT molecular complexity index is 1150. The van der Waals surface area contributed by atoms with Gasteiger partial charge >= 0.3 is 25.8 Å². The third-order valence-corrected chi connectivity index (χ3v) is 6.18. The Balaban J connectivity index is 0.000000249. The van der Waals surface area contributed by atoms with Gasteiger partial charge in [0.15, 0.2) is 0 Å². The standard InChI is InChI=1S/C12H10Si.2C9H7.2FH.Hf/c1-3-7-11(8-4-1)13-12-9-5-2-6-10-12;2*1-2-5-9-7-3-6-8(9)4-1;;;/h1-10H;2*1-7H;2*1H;/q;2*-1;;;+4/p-2. The summed E-state index contributed by atoms with van der Waals surface area (Å²) in [5.74, 6) is 0. The van der Waals surface area contributed by atoms with Crippen LogP contribution >= 0.6 is 0 Å². The van der Waals surface area contributed by atoms with Crippen LogP contribution in [0.5, 0.6) is 0 Å². The van der Waals surface area contributed by atoms with E-state index in [4.69, 9.17) is 0 Å². The van der Waals surface area contributed by atoms with E-state index in [9.17, 15) is 0 Å². The van der Waals surface area contributed by atoms with Crippen molar-refractivity contribution in [1.82, 2.24) is 0 Å². The van der Waals surface area contributed by atoms with Gasteiger partial charge in [0, 0.05) is 0 Å². The largest absolute Gasteiger partial charge is 4.00 e. The SMILES string of the molecule is [F-].[F-].[Hf+4].c1ccc([Si]c2ccccc2)cc1.c1ccc2[cH-]ccc2c1.c1ccc2[cH-]ccc2c1. The molecule has 0 saturated heterocycles. The van der Waals surface area contributed by atoms with Crippen LogP contribution in [0.15, 0.2) is 146 Å². The maximum Gasteiger partial charge on any atom is 4.00 e. The molecule has 0 N–H and O–H groups in total. The van der Waals surface area contributed by atoms with E-state index in [1.54, 1.807) is 0 Å². The molecule has 0 heterocycles. The minimum Gasteiger partial charge on any atom is -1.00 e. The van der Waals surface area contributed by atoms with Gasteiger partial charge in [-0.2, -0.15) is 35.0 Å². The molecule has 0 aliphatic carbocycles. The van der Waals surface area contributed by atoms with E-state index in [0.717, 1.165) is 9.52 Å². The number of hydrogen-bond donors (Lipinski definition) is 0. The molecule has 6 aromatic rings. The summed E-state index contributed by atoms with van der Waals surface area (Å²) in [6, 6.07) is 50.5. The smallest absolute Gasteiger partial charge is 1.00 e. The molecule has 0 nitrogen and oxygen atoms in total. The monoisotopic (exact) mass is 630 g/mol. The van der Waals surface area contributed by atoms with Gasteiger partial charge in [-0.05, 0) is 0 Å². The molecule has 34 heavy (non-hydrogen) atoms. The van der Waals surface area contributed by atoms with Gasteiger partial charge in [0.2, 0.25) is 0 Å².